The van der Waals surface area contributed by atoms with Crippen LogP contribution < -0.4 is 9.62 Å². The molecule has 1 N–H and O–H groups in total. The molecule has 0 saturated heterocycles. The molecule has 0 aliphatic heterocycles. The number of carbonyl (C=O) groups excluding carboxylic acids is 1. The number of halogens is 3. The zero-order chi connectivity index (χ0) is 17.9. The monoisotopic (exact) mass is 390 g/mol. The van der Waals surface area contributed by atoms with E-state index in [2.05, 4.69) is 5.32 Å². The minimum absolute atomic E-state index is 0.0526. The number of carbonyl (C=O) groups is 1. The summed E-state index contributed by atoms with van der Waals surface area (Å²) in [7, 11) is -3.78. The predicted octanol–water partition coefficient (Wildman–Crippen LogP) is 3.54. The molecule has 0 atom stereocenters. The summed E-state index contributed by atoms with van der Waals surface area (Å²) in [6.07, 6.45) is 0.932. The molecule has 0 aliphatic rings. The van der Waals surface area contributed by atoms with Gasteiger partial charge in [0.05, 0.1) is 11.9 Å². The van der Waals surface area contributed by atoms with E-state index < -0.39 is 28.3 Å². The van der Waals surface area contributed by atoms with E-state index in [0.29, 0.717) is 15.7 Å². The predicted molar refractivity (Wildman–Crippen MR) is 93.7 cm³/mol. The van der Waals surface area contributed by atoms with Crippen LogP contribution in [0, 0.1) is 5.82 Å². The molecule has 0 aromatic heterocycles. The molecule has 0 heterocycles. The first-order valence-electron chi connectivity index (χ1n) is 6.64. The highest BCUT2D eigenvalue weighted by Gasteiger charge is 2.21. The van der Waals surface area contributed by atoms with Gasteiger partial charge in [-0.2, -0.15) is 0 Å². The van der Waals surface area contributed by atoms with Crippen molar-refractivity contribution in [3.63, 3.8) is 0 Å². The first kappa shape index (κ1) is 18.5. The van der Waals surface area contributed by atoms with Crippen LogP contribution in [0.1, 0.15) is 0 Å². The highest BCUT2D eigenvalue weighted by atomic mass is 35.5. The molecule has 0 aliphatic carbocycles. The zero-order valence-corrected chi connectivity index (χ0v) is 14.8. The van der Waals surface area contributed by atoms with Crippen LogP contribution in [0.4, 0.5) is 15.8 Å². The maximum atomic E-state index is 13.3. The molecule has 0 radical (unpaired) electrons. The number of nitrogens with one attached hydrogen (secondary N) is 1. The third kappa shape index (κ3) is 5.09. The first-order valence-corrected chi connectivity index (χ1v) is 9.25. The lowest BCUT2D eigenvalue weighted by Gasteiger charge is -2.22. The van der Waals surface area contributed by atoms with Gasteiger partial charge in [0, 0.05) is 15.7 Å². The van der Waals surface area contributed by atoms with Gasteiger partial charge in [-0.05, 0) is 36.4 Å². The van der Waals surface area contributed by atoms with E-state index in [4.69, 9.17) is 23.2 Å². The van der Waals surface area contributed by atoms with E-state index in [-0.39, 0.29) is 5.69 Å². The number of sulfonamides is 1. The molecule has 0 unspecified atom stereocenters. The van der Waals surface area contributed by atoms with Crippen LogP contribution in [-0.2, 0) is 14.8 Å². The number of nitrogens with zero attached hydrogens (tertiary/aromatic N) is 1. The molecule has 9 heteroatoms. The minimum Gasteiger partial charge on any atom is -0.324 e. The fourth-order valence-corrected chi connectivity index (χ4v) is 3.36. The highest BCUT2D eigenvalue weighted by Crippen LogP contribution is 2.23. The van der Waals surface area contributed by atoms with Crippen LogP contribution in [0.25, 0.3) is 0 Å². The SMILES string of the molecule is CS(=O)(=O)N(CC(=O)Nc1cc(Cl)cc(Cl)c1)c1cccc(F)c1. The normalized spacial score (nSPS) is 11.2. The number of anilines is 2. The Morgan fingerprint density at radius 2 is 1.79 bits per heavy atom. The van der Waals surface area contributed by atoms with Crippen molar-refractivity contribution in [3.8, 4) is 0 Å². The molecule has 0 bridgehead atoms. The van der Waals surface area contributed by atoms with Crippen molar-refractivity contribution in [2.45, 2.75) is 0 Å². The van der Waals surface area contributed by atoms with Crippen molar-refractivity contribution in [2.75, 3.05) is 22.4 Å². The van der Waals surface area contributed by atoms with Crippen molar-refractivity contribution in [3.05, 3.63) is 58.3 Å². The molecule has 128 valence electrons. The summed E-state index contributed by atoms with van der Waals surface area (Å²) in [5.41, 5.74) is 0.377. The summed E-state index contributed by atoms with van der Waals surface area (Å²) in [4.78, 5) is 12.2. The summed E-state index contributed by atoms with van der Waals surface area (Å²) in [5, 5.41) is 3.15. The van der Waals surface area contributed by atoms with Crippen LogP contribution in [0.2, 0.25) is 10.0 Å². The lowest BCUT2D eigenvalue weighted by Crippen LogP contribution is -2.37. The fraction of sp³-hybridized carbons (Fsp3) is 0.133. The van der Waals surface area contributed by atoms with Gasteiger partial charge in [-0.3, -0.25) is 9.10 Å². The fourth-order valence-electron chi connectivity index (χ4n) is 1.99. The second-order valence-electron chi connectivity index (χ2n) is 4.96. The molecule has 2 aromatic carbocycles. The smallest absolute Gasteiger partial charge is 0.245 e. The Kier molecular flexibility index (Phi) is 5.69. The largest absolute Gasteiger partial charge is 0.324 e. The molecule has 1 amide bonds. The standard InChI is InChI=1S/C15H13Cl2FN2O3S/c1-24(22,23)20(14-4-2-3-12(18)8-14)9-15(21)19-13-6-10(16)5-11(17)7-13/h2-8H,9H2,1H3,(H,19,21). The molecular weight excluding hydrogens is 378 g/mol. The molecule has 5 nitrogen and oxygen atoms in total. The Morgan fingerprint density at radius 3 is 2.33 bits per heavy atom. The minimum atomic E-state index is -3.78. The van der Waals surface area contributed by atoms with Crippen molar-refractivity contribution in [2.24, 2.45) is 0 Å². The maximum absolute atomic E-state index is 13.3. The van der Waals surface area contributed by atoms with E-state index in [1.165, 1.54) is 36.4 Å². The van der Waals surface area contributed by atoms with Crippen LogP contribution in [0.3, 0.4) is 0 Å². The van der Waals surface area contributed by atoms with Crippen molar-refractivity contribution in [1.82, 2.24) is 0 Å². The Hall–Kier alpha value is -1.83. The van der Waals surface area contributed by atoms with Gasteiger partial charge in [0.1, 0.15) is 12.4 Å². The van der Waals surface area contributed by atoms with Crippen molar-refractivity contribution < 1.29 is 17.6 Å². The van der Waals surface area contributed by atoms with Crippen molar-refractivity contribution >= 4 is 50.5 Å². The summed E-state index contributed by atoms with van der Waals surface area (Å²) in [6.45, 7) is -0.521. The molecule has 0 spiro atoms. The van der Waals surface area contributed by atoms with E-state index in [1.807, 2.05) is 0 Å². The van der Waals surface area contributed by atoms with Gasteiger partial charge >= 0.3 is 0 Å². The van der Waals surface area contributed by atoms with Crippen molar-refractivity contribution in [1.29, 1.82) is 0 Å². The van der Waals surface area contributed by atoms with E-state index in [0.717, 1.165) is 16.6 Å². The Labute approximate surface area is 149 Å². The van der Waals surface area contributed by atoms with Crippen LogP contribution in [0.5, 0.6) is 0 Å². The Balaban J connectivity index is 2.22. The molecule has 0 fully saturated rings. The van der Waals surface area contributed by atoms with Gasteiger partial charge < -0.3 is 5.32 Å². The van der Waals surface area contributed by atoms with Gasteiger partial charge in [-0.25, -0.2) is 12.8 Å². The molecule has 0 saturated carbocycles. The van der Waals surface area contributed by atoms with Gasteiger partial charge in [-0.1, -0.05) is 29.3 Å². The lowest BCUT2D eigenvalue weighted by molar-refractivity contribution is -0.114. The summed E-state index contributed by atoms with van der Waals surface area (Å²) in [5.74, 6) is -1.23. The summed E-state index contributed by atoms with van der Waals surface area (Å²) >= 11 is 11.7. The third-order valence-electron chi connectivity index (χ3n) is 2.93. The number of hydrogen-bond donors (Lipinski definition) is 1. The Morgan fingerprint density at radius 1 is 1.17 bits per heavy atom. The van der Waals surface area contributed by atoms with Crippen LogP contribution >= 0.6 is 23.2 Å². The van der Waals surface area contributed by atoms with Crippen LogP contribution in [-0.4, -0.2) is 27.1 Å². The average molecular weight is 391 g/mol. The quantitative estimate of drug-likeness (QED) is 0.848. The molecule has 24 heavy (non-hydrogen) atoms. The maximum Gasteiger partial charge on any atom is 0.245 e. The number of hydrogen-bond acceptors (Lipinski definition) is 3. The Bertz CT molecular complexity index is 855. The molecule has 2 aromatic rings. The van der Waals surface area contributed by atoms with Crippen LogP contribution in [0.15, 0.2) is 42.5 Å². The number of rotatable bonds is 5. The van der Waals surface area contributed by atoms with E-state index >= 15 is 0 Å². The average Bonchev–Trinajstić information content (AvgIpc) is 2.42. The van der Waals surface area contributed by atoms with Gasteiger partial charge in [0.2, 0.25) is 15.9 Å². The lowest BCUT2D eigenvalue weighted by atomic mass is 10.3. The van der Waals surface area contributed by atoms with Gasteiger partial charge in [-0.15, -0.1) is 0 Å². The molecule has 2 rings (SSSR count). The summed E-state index contributed by atoms with van der Waals surface area (Å²) in [6, 6.07) is 9.40. The number of benzene rings is 2. The van der Waals surface area contributed by atoms with Gasteiger partial charge in [0.25, 0.3) is 0 Å². The third-order valence-corrected chi connectivity index (χ3v) is 4.51. The second-order valence-corrected chi connectivity index (χ2v) is 7.74. The van der Waals surface area contributed by atoms with Gasteiger partial charge in [0.15, 0.2) is 0 Å². The van der Waals surface area contributed by atoms with E-state index in [1.54, 1.807) is 0 Å². The molecular formula is C15H13Cl2FN2O3S. The van der Waals surface area contributed by atoms with E-state index in [9.17, 15) is 17.6 Å². The zero-order valence-electron chi connectivity index (χ0n) is 12.5. The first-order chi connectivity index (χ1) is 11.1. The highest BCUT2D eigenvalue weighted by molar-refractivity contribution is 7.92. The number of amides is 1. The second kappa shape index (κ2) is 7.38. The summed E-state index contributed by atoms with van der Waals surface area (Å²) < 4.78 is 38.0. The topological polar surface area (TPSA) is 66.5 Å².